The van der Waals surface area contributed by atoms with Crippen molar-refractivity contribution in [3.8, 4) is 0 Å². The topological polar surface area (TPSA) is 12.0 Å². The molecule has 1 saturated heterocycles. The van der Waals surface area contributed by atoms with Crippen molar-refractivity contribution in [1.82, 2.24) is 5.32 Å². The predicted molar refractivity (Wildman–Crippen MR) is 71.7 cm³/mol. The van der Waals surface area contributed by atoms with Crippen molar-refractivity contribution < 1.29 is 0 Å². The molecule has 1 heterocycles. The molecule has 0 aliphatic carbocycles. The highest BCUT2D eigenvalue weighted by Crippen LogP contribution is 2.17. The van der Waals surface area contributed by atoms with Gasteiger partial charge >= 0.3 is 0 Å². The Balaban J connectivity index is 1.82. The van der Waals surface area contributed by atoms with E-state index in [0.29, 0.717) is 0 Å². The highest BCUT2D eigenvalue weighted by molar-refractivity contribution is 14.1. The van der Waals surface area contributed by atoms with Crippen molar-refractivity contribution >= 4 is 34.4 Å². The van der Waals surface area contributed by atoms with Gasteiger partial charge in [0.05, 0.1) is 0 Å². The molecule has 1 unspecified atom stereocenters. The third kappa shape index (κ3) is 3.14. The third-order valence-electron chi connectivity index (χ3n) is 2.44. The fourth-order valence-corrected chi connectivity index (χ4v) is 3.11. The summed E-state index contributed by atoms with van der Waals surface area (Å²) in [6.45, 7) is 1.02. The SMILES string of the molecule is Ic1ccc(CNC2CCSC2)cc1. The molecule has 14 heavy (non-hydrogen) atoms. The van der Waals surface area contributed by atoms with Crippen molar-refractivity contribution in [3.63, 3.8) is 0 Å². The summed E-state index contributed by atoms with van der Waals surface area (Å²) in [5.74, 6) is 2.61. The molecular formula is C11H14INS. The van der Waals surface area contributed by atoms with E-state index in [-0.39, 0.29) is 0 Å². The van der Waals surface area contributed by atoms with Crippen LogP contribution in [0.5, 0.6) is 0 Å². The number of benzene rings is 1. The molecule has 76 valence electrons. The smallest absolute Gasteiger partial charge is 0.0208 e. The summed E-state index contributed by atoms with van der Waals surface area (Å²) in [5.41, 5.74) is 1.39. The van der Waals surface area contributed by atoms with Gasteiger partial charge in [-0.15, -0.1) is 0 Å². The summed E-state index contributed by atoms with van der Waals surface area (Å²) in [5, 5.41) is 3.59. The van der Waals surface area contributed by atoms with E-state index < -0.39 is 0 Å². The van der Waals surface area contributed by atoms with Gasteiger partial charge in [0, 0.05) is 21.9 Å². The number of halogens is 1. The van der Waals surface area contributed by atoms with Crippen LogP contribution in [0.1, 0.15) is 12.0 Å². The van der Waals surface area contributed by atoms with Gasteiger partial charge < -0.3 is 5.32 Å². The Bertz CT molecular complexity index is 280. The molecule has 0 spiro atoms. The standard InChI is InChI=1S/C11H14INS/c12-10-3-1-9(2-4-10)7-13-11-5-6-14-8-11/h1-4,11,13H,5-8H2. The molecule has 0 radical (unpaired) electrons. The Morgan fingerprint density at radius 3 is 2.79 bits per heavy atom. The maximum atomic E-state index is 3.59. The minimum atomic E-state index is 0.735. The minimum Gasteiger partial charge on any atom is -0.309 e. The number of hydrogen-bond acceptors (Lipinski definition) is 2. The fourth-order valence-electron chi connectivity index (χ4n) is 1.56. The Morgan fingerprint density at radius 1 is 1.36 bits per heavy atom. The maximum absolute atomic E-state index is 3.59. The summed E-state index contributed by atoms with van der Waals surface area (Å²) < 4.78 is 1.31. The van der Waals surface area contributed by atoms with Crippen LogP contribution in [0.25, 0.3) is 0 Å². The van der Waals surface area contributed by atoms with Gasteiger partial charge in [-0.3, -0.25) is 0 Å². The Hall–Kier alpha value is 0.260. The summed E-state index contributed by atoms with van der Waals surface area (Å²) in [6, 6.07) is 9.48. The second-order valence-corrected chi connectivity index (χ2v) is 5.96. The number of thioether (sulfide) groups is 1. The van der Waals surface area contributed by atoms with Crippen LogP contribution in [-0.2, 0) is 6.54 Å². The molecule has 1 aliphatic rings. The van der Waals surface area contributed by atoms with Crippen molar-refractivity contribution in [1.29, 1.82) is 0 Å². The van der Waals surface area contributed by atoms with Crippen LogP contribution in [0.3, 0.4) is 0 Å². The first kappa shape index (κ1) is 10.8. The minimum absolute atomic E-state index is 0.735. The molecule has 0 saturated carbocycles. The summed E-state index contributed by atoms with van der Waals surface area (Å²) in [6.07, 6.45) is 1.33. The van der Waals surface area contributed by atoms with Gasteiger partial charge in [0.15, 0.2) is 0 Å². The summed E-state index contributed by atoms with van der Waals surface area (Å²) in [4.78, 5) is 0. The van der Waals surface area contributed by atoms with E-state index in [9.17, 15) is 0 Å². The first-order valence-corrected chi connectivity index (χ1v) is 7.13. The van der Waals surface area contributed by atoms with E-state index in [1.807, 2.05) is 0 Å². The lowest BCUT2D eigenvalue weighted by Crippen LogP contribution is -2.27. The van der Waals surface area contributed by atoms with Crippen LogP contribution in [0, 0.1) is 3.57 Å². The predicted octanol–water partition coefficient (Wildman–Crippen LogP) is 2.89. The Morgan fingerprint density at radius 2 is 2.14 bits per heavy atom. The molecule has 1 nitrogen and oxygen atoms in total. The second-order valence-electron chi connectivity index (χ2n) is 3.57. The highest BCUT2D eigenvalue weighted by Gasteiger charge is 2.13. The van der Waals surface area contributed by atoms with Gasteiger partial charge in [0.1, 0.15) is 0 Å². The lowest BCUT2D eigenvalue weighted by Gasteiger charge is -2.10. The molecule has 0 aromatic heterocycles. The van der Waals surface area contributed by atoms with Gasteiger partial charge in [-0.2, -0.15) is 11.8 Å². The van der Waals surface area contributed by atoms with Crippen LogP contribution in [0.2, 0.25) is 0 Å². The van der Waals surface area contributed by atoms with Gasteiger partial charge in [0.25, 0.3) is 0 Å². The normalized spacial score (nSPS) is 21.4. The highest BCUT2D eigenvalue weighted by atomic mass is 127. The van der Waals surface area contributed by atoms with Crippen LogP contribution >= 0.6 is 34.4 Å². The molecule has 0 bridgehead atoms. The summed E-state index contributed by atoms with van der Waals surface area (Å²) >= 11 is 4.40. The fraction of sp³-hybridized carbons (Fsp3) is 0.455. The van der Waals surface area contributed by atoms with Crippen LogP contribution in [0.4, 0.5) is 0 Å². The van der Waals surface area contributed by atoms with Crippen molar-refractivity contribution in [3.05, 3.63) is 33.4 Å². The lowest BCUT2D eigenvalue weighted by molar-refractivity contribution is 0.558. The van der Waals surface area contributed by atoms with Gasteiger partial charge in [-0.1, -0.05) is 12.1 Å². The lowest BCUT2D eigenvalue weighted by atomic mass is 10.2. The largest absolute Gasteiger partial charge is 0.309 e. The molecule has 1 fully saturated rings. The van der Waals surface area contributed by atoms with E-state index in [0.717, 1.165) is 12.6 Å². The number of hydrogen-bond donors (Lipinski definition) is 1. The molecular weight excluding hydrogens is 305 g/mol. The van der Waals surface area contributed by atoms with Crippen molar-refractivity contribution in [2.75, 3.05) is 11.5 Å². The third-order valence-corrected chi connectivity index (χ3v) is 4.32. The first-order valence-electron chi connectivity index (χ1n) is 4.90. The van der Waals surface area contributed by atoms with Crippen molar-refractivity contribution in [2.45, 2.75) is 19.0 Å². The average Bonchev–Trinajstić information content (AvgIpc) is 2.70. The molecule has 1 N–H and O–H groups in total. The Labute approximate surface area is 103 Å². The molecule has 2 rings (SSSR count). The zero-order valence-corrected chi connectivity index (χ0v) is 11.0. The quantitative estimate of drug-likeness (QED) is 0.860. The first-order chi connectivity index (χ1) is 6.84. The van der Waals surface area contributed by atoms with E-state index >= 15 is 0 Å². The Kier molecular flexibility index (Phi) is 4.13. The van der Waals surface area contributed by atoms with E-state index in [1.54, 1.807) is 0 Å². The number of nitrogens with one attached hydrogen (secondary N) is 1. The summed E-state index contributed by atoms with van der Waals surface area (Å²) in [7, 11) is 0. The maximum Gasteiger partial charge on any atom is 0.0208 e. The van der Waals surface area contributed by atoms with Crippen LogP contribution < -0.4 is 5.32 Å². The van der Waals surface area contributed by atoms with Gasteiger partial charge in [0.2, 0.25) is 0 Å². The zero-order chi connectivity index (χ0) is 9.80. The van der Waals surface area contributed by atoms with Gasteiger partial charge in [-0.25, -0.2) is 0 Å². The van der Waals surface area contributed by atoms with Crippen LogP contribution in [0.15, 0.2) is 24.3 Å². The van der Waals surface area contributed by atoms with E-state index in [4.69, 9.17) is 0 Å². The van der Waals surface area contributed by atoms with Crippen LogP contribution in [-0.4, -0.2) is 17.5 Å². The number of rotatable bonds is 3. The zero-order valence-electron chi connectivity index (χ0n) is 8.00. The molecule has 1 atom stereocenters. The molecule has 3 heteroatoms. The second kappa shape index (κ2) is 5.37. The molecule has 1 aliphatic heterocycles. The molecule has 1 aromatic rings. The van der Waals surface area contributed by atoms with Gasteiger partial charge in [-0.05, 0) is 52.5 Å². The van der Waals surface area contributed by atoms with Crippen molar-refractivity contribution in [2.24, 2.45) is 0 Å². The average molecular weight is 319 g/mol. The molecule has 1 aromatic carbocycles. The van der Waals surface area contributed by atoms with E-state index in [1.165, 1.54) is 27.1 Å². The monoisotopic (exact) mass is 319 g/mol. The van der Waals surface area contributed by atoms with E-state index in [2.05, 4.69) is 63.9 Å². The molecule has 0 amide bonds.